The molecule has 21 heavy (non-hydrogen) atoms. The minimum atomic E-state index is -0.248. The van der Waals surface area contributed by atoms with Gasteiger partial charge in [-0.25, -0.2) is 0 Å². The minimum Gasteiger partial charge on any atom is -0.399 e. The second-order valence-electron chi connectivity index (χ2n) is 5.23. The largest absolute Gasteiger partial charge is 0.399 e. The summed E-state index contributed by atoms with van der Waals surface area (Å²) in [6.07, 6.45) is -0.259. The molecule has 0 aromatic heterocycles. The number of hydrogen-bond acceptors (Lipinski definition) is 5. The van der Waals surface area contributed by atoms with E-state index in [0.717, 1.165) is 0 Å². The molecule has 0 saturated carbocycles. The van der Waals surface area contributed by atoms with Gasteiger partial charge in [-0.2, -0.15) is 0 Å². The van der Waals surface area contributed by atoms with Crippen LogP contribution in [0.1, 0.15) is 6.92 Å². The average molecular weight is 314 g/mol. The quantitative estimate of drug-likeness (QED) is 0.720. The Morgan fingerprint density at radius 1 is 1.57 bits per heavy atom. The van der Waals surface area contributed by atoms with Gasteiger partial charge in [-0.05, 0) is 25.1 Å². The average Bonchev–Trinajstić information content (AvgIpc) is 2.41. The Kier molecular flexibility index (Phi) is 5.41. The highest BCUT2D eigenvalue weighted by Gasteiger charge is 2.26. The number of nitrogens with one attached hydrogen (secondary N) is 1. The smallest absolute Gasteiger partial charge is 0.238 e. The van der Waals surface area contributed by atoms with Crippen molar-refractivity contribution in [2.24, 2.45) is 0 Å². The van der Waals surface area contributed by atoms with Crippen LogP contribution in [0.3, 0.4) is 0 Å². The summed E-state index contributed by atoms with van der Waals surface area (Å²) in [5.41, 5.74) is 6.70. The van der Waals surface area contributed by atoms with Gasteiger partial charge in [-0.3, -0.25) is 9.69 Å². The van der Waals surface area contributed by atoms with Crippen molar-refractivity contribution < 1.29 is 14.6 Å². The molecule has 0 radical (unpaired) electrons. The van der Waals surface area contributed by atoms with E-state index in [0.29, 0.717) is 29.5 Å². The second kappa shape index (κ2) is 7.09. The fourth-order valence-electron chi connectivity index (χ4n) is 2.40. The molecule has 1 fully saturated rings. The number of nitrogen functional groups attached to an aromatic ring is 1. The number of hydrogen-bond donors (Lipinski definition) is 3. The van der Waals surface area contributed by atoms with Crippen LogP contribution in [0.25, 0.3) is 0 Å². The number of halogens is 1. The zero-order valence-electron chi connectivity index (χ0n) is 11.9. The number of aliphatic hydroxyl groups is 1. The molecule has 1 amide bonds. The maximum Gasteiger partial charge on any atom is 0.238 e. The molecular weight excluding hydrogens is 294 g/mol. The van der Waals surface area contributed by atoms with Gasteiger partial charge in [0.05, 0.1) is 36.1 Å². The van der Waals surface area contributed by atoms with Crippen LogP contribution < -0.4 is 11.1 Å². The SMILES string of the molecule is CC1CN(CC(=O)Nc2ccc(N)cc2Cl)CC(CO)O1. The maximum absolute atomic E-state index is 12.1. The predicted octanol–water partition coefficient (Wildman–Crippen LogP) is 0.942. The zero-order valence-corrected chi connectivity index (χ0v) is 12.6. The van der Waals surface area contributed by atoms with Crippen LogP contribution in [-0.2, 0) is 9.53 Å². The van der Waals surface area contributed by atoms with Gasteiger partial charge in [0.1, 0.15) is 0 Å². The molecule has 0 aliphatic carbocycles. The lowest BCUT2D eigenvalue weighted by Gasteiger charge is -2.35. The Balaban J connectivity index is 1.92. The van der Waals surface area contributed by atoms with Crippen molar-refractivity contribution in [3.63, 3.8) is 0 Å². The fourth-order valence-corrected chi connectivity index (χ4v) is 2.63. The zero-order chi connectivity index (χ0) is 15.4. The number of amides is 1. The van der Waals surface area contributed by atoms with Crippen molar-refractivity contribution in [3.8, 4) is 0 Å². The first-order chi connectivity index (χ1) is 9.97. The van der Waals surface area contributed by atoms with Crippen molar-refractivity contribution in [3.05, 3.63) is 23.2 Å². The third kappa shape index (κ3) is 4.57. The van der Waals surface area contributed by atoms with Gasteiger partial charge in [0, 0.05) is 18.8 Å². The summed E-state index contributed by atoms with van der Waals surface area (Å²) in [5, 5.41) is 12.3. The van der Waals surface area contributed by atoms with Gasteiger partial charge < -0.3 is 20.9 Å². The normalized spacial score (nSPS) is 23.0. The van der Waals surface area contributed by atoms with Crippen LogP contribution in [-0.4, -0.2) is 54.4 Å². The van der Waals surface area contributed by atoms with E-state index < -0.39 is 0 Å². The number of benzene rings is 1. The van der Waals surface area contributed by atoms with Gasteiger partial charge in [0.15, 0.2) is 0 Å². The van der Waals surface area contributed by atoms with E-state index in [-0.39, 0.29) is 31.3 Å². The standard InChI is InChI=1S/C14H20ClN3O3/c1-9-5-18(6-11(8-19)21-9)7-14(20)17-13-3-2-10(16)4-12(13)15/h2-4,9,11,19H,5-8,16H2,1H3,(H,17,20). The Morgan fingerprint density at radius 2 is 2.33 bits per heavy atom. The number of carbonyl (C=O) groups is 1. The highest BCUT2D eigenvalue weighted by Crippen LogP contribution is 2.24. The third-order valence-corrected chi connectivity index (χ3v) is 3.55. The molecule has 7 heteroatoms. The van der Waals surface area contributed by atoms with Crippen molar-refractivity contribution in [2.45, 2.75) is 19.1 Å². The Morgan fingerprint density at radius 3 is 3.00 bits per heavy atom. The molecule has 1 aliphatic heterocycles. The molecule has 1 saturated heterocycles. The third-order valence-electron chi connectivity index (χ3n) is 3.24. The maximum atomic E-state index is 12.1. The van der Waals surface area contributed by atoms with E-state index in [2.05, 4.69) is 5.32 Å². The predicted molar refractivity (Wildman–Crippen MR) is 82.4 cm³/mol. The van der Waals surface area contributed by atoms with Crippen LogP contribution in [0.4, 0.5) is 11.4 Å². The summed E-state index contributed by atoms with van der Waals surface area (Å²) >= 11 is 6.02. The minimum absolute atomic E-state index is 0.0104. The van der Waals surface area contributed by atoms with E-state index in [9.17, 15) is 9.90 Å². The molecule has 2 rings (SSSR count). The molecule has 1 aromatic rings. The van der Waals surface area contributed by atoms with Crippen molar-refractivity contribution in [1.29, 1.82) is 0 Å². The summed E-state index contributed by atoms with van der Waals surface area (Å²) in [5.74, 6) is -0.160. The Labute approximate surface area is 128 Å². The van der Waals surface area contributed by atoms with Crippen LogP contribution in [0.15, 0.2) is 18.2 Å². The van der Waals surface area contributed by atoms with Crippen molar-refractivity contribution in [1.82, 2.24) is 4.90 Å². The molecule has 1 heterocycles. The van der Waals surface area contributed by atoms with Crippen molar-refractivity contribution in [2.75, 3.05) is 37.3 Å². The fraction of sp³-hybridized carbons (Fsp3) is 0.500. The molecule has 0 spiro atoms. The van der Waals surface area contributed by atoms with Crippen LogP contribution in [0.5, 0.6) is 0 Å². The Hall–Kier alpha value is -1.34. The number of carbonyl (C=O) groups excluding carboxylic acids is 1. The molecular formula is C14H20ClN3O3. The number of nitrogens with zero attached hydrogens (tertiary/aromatic N) is 1. The monoisotopic (exact) mass is 313 g/mol. The van der Waals surface area contributed by atoms with E-state index in [1.807, 2.05) is 11.8 Å². The summed E-state index contributed by atoms with van der Waals surface area (Å²) in [4.78, 5) is 14.0. The van der Waals surface area contributed by atoms with E-state index in [1.165, 1.54) is 0 Å². The number of morpholine rings is 1. The summed E-state index contributed by atoms with van der Waals surface area (Å²) in [6, 6.07) is 4.95. The first-order valence-corrected chi connectivity index (χ1v) is 7.19. The van der Waals surface area contributed by atoms with Gasteiger partial charge in [-0.1, -0.05) is 11.6 Å². The lowest BCUT2D eigenvalue weighted by atomic mass is 10.2. The molecule has 1 aliphatic rings. The number of aliphatic hydroxyl groups excluding tert-OH is 1. The highest BCUT2D eigenvalue weighted by molar-refractivity contribution is 6.34. The molecule has 0 bridgehead atoms. The molecule has 4 N–H and O–H groups in total. The topological polar surface area (TPSA) is 87.8 Å². The van der Waals surface area contributed by atoms with Crippen LogP contribution >= 0.6 is 11.6 Å². The van der Waals surface area contributed by atoms with Crippen LogP contribution in [0.2, 0.25) is 5.02 Å². The van der Waals surface area contributed by atoms with E-state index in [1.54, 1.807) is 18.2 Å². The van der Waals surface area contributed by atoms with Gasteiger partial charge >= 0.3 is 0 Å². The van der Waals surface area contributed by atoms with Crippen LogP contribution in [0, 0.1) is 0 Å². The lowest BCUT2D eigenvalue weighted by Crippen LogP contribution is -2.50. The number of anilines is 2. The van der Waals surface area contributed by atoms with E-state index >= 15 is 0 Å². The molecule has 6 nitrogen and oxygen atoms in total. The first kappa shape index (κ1) is 16.0. The van der Waals surface area contributed by atoms with Gasteiger partial charge in [0.2, 0.25) is 5.91 Å². The second-order valence-corrected chi connectivity index (χ2v) is 5.64. The summed E-state index contributed by atoms with van der Waals surface area (Å²) < 4.78 is 5.54. The Bertz CT molecular complexity index is 512. The molecule has 1 aromatic carbocycles. The van der Waals surface area contributed by atoms with E-state index in [4.69, 9.17) is 22.1 Å². The number of ether oxygens (including phenoxy) is 1. The van der Waals surface area contributed by atoms with Gasteiger partial charge in [-0.15, -0.1) is 0 Å². The molecule has 2 atom stereocenters. The number of rotatable bonds is 4. The molecule has 2 unspecified atom stereocenters. The van der Waals surface area contributed by atoms with Gasteiger partial charge in [0.25, 0.3) is 0 Å². The van der Waals surface area contributed by atoms with Crippen molar-refractivity contribution >= 4 is 28.9 Å². The number of nitrogens with two attached hydrogens (primary N) is 1. The highest BCUT2D eigenvalue weighted by atomic mass is 35.5. The summed E-state index contributed by atoms with van der Waals surface area (Å²) in [7, 11) is 0. The summed E-state index contributed by atoms with van der Waals surface area (Å²) in [6.45, 7) is 3.28. The first-order valence-electron chi connectivity index (χ1n) is 6.81. The lowest BCUT2D eigenvalue weighted by molar-refractivity contribution is -0.124. The molecule has 116 valence electrons.